The highest BCUT2D eigenvalue weighted by atomic mass is 16.5. The van der Waals surface area contributed by atoms with Gasteiger partial charge < -0.3 is 10.1 Å². The Labute approximate surface area is 147 Å². The third kappa shape index (κ3) is 3.83. The molecule has 2 aromatic heterocycles. The first-order chi connectivity index (χ1) is 12.3. The maximum atomic E-state index is 12.3. The fourth-order valence-corrected chi connectivity index (χ4v) is 3.79. The highest BCUT2D eigenvalue weighted by molar-refractivity contribution is 5.92. The largest absolute Gasteiger partial charge is 0.486 e. The standard InChI is InChI=1S/C19H24N4O2/c24-19(21-11-14-5-2-1-3-6-14)18-10-15-9-17(13-23(15)22-18)25-16-7-4-8-20-12-16/h4,7-8,10,12,14,17H,1-3,5-6,9,11,13H2,(H,21,24)/t17-/m0/s1. The average Bonchev–Trinajstić information content (AvgIpc) is 3.20. The van der Waals surface area contributed by atoms with Crippen molar-refractivity contribution < 1.29 is 9.53 Å². The van der Waals surface area contributed by atoms with Gasteiger partial charge in [-0.15, -0.1) is 0 Å². The van der Waals surface area contributed by atoms with Gasteiger partial charge in [-0.05, 0) is 37.0 Å². The van der Waals surface area contributed by atoms with Crippen LogP contribution >= 0.6 is 0 Å². The number of carbonyl (C=O) groups is 1. The molecule has 2 aliphatic rings. The van der Waals surface area contributed by atoms with Crippen molar-refractivity contribution in [3.8, 4) is 5.75 Å². The van der Waals surface area contributed by atoms with Gasteiger partial charge >= 0.3 is 0 Å². The Bertz CT molecular complexity index is 699. The molecular weight excluding hydrogens is 316 g/mol. The lowest BCUT2D eigenvalue weighted by Crippen LogP contribution is -2.30. The normalized spacial score (nSPS) is 20.2. The molecule has 0 bridgehead atoms. The zero-order chi connectivity index (χ0) is 17.1. The average molecular weight is 340 g/mol. The van der Waals surface area contributed by atoms with E-state index in [1.54, 1.807) is 12.4 Å². The number of pyridine rings is 1. The molecule has 132 valence electrons. The molecule has 1 N–H and O–H groups in total. The highest BCUT2D eigenvalue weighted by Crippen LogP contribution is 2.23. The van der Waals surface area contributed by atoms with Crippen LogP contribution in [0.5, 0.6) is 5.75 Å². The molecule has 1 aliphatic carbocycles. The molecule has 6 heteroatoms. The summed E-state index contributed by atoms with van der Waals surface area (Å²) in [5.41, 5.74) is 1.57. The van der Waals surface area contributed by atoms with E-state index in [9.17, 15) is 4.79 Å². The van der Waals surface area contributed by atoms with Crippen LogP contribution in [-0.4, -0.2) is 33.3 Å². The quantitative estimate of drug-likeness (QED) is 0.908. The number of amides is 1. The van der Waals surface area contributed by atoms with E-state index < -0.39 is 0 Å². The number of hydrogen-bond acceptors (Lipinski definition) is 4. The lowest BCUT2D eigenvalue weighted by Gasteiger charge is -2.21. The molecule has 4 rings (SSSR count). The second-order valence-corrected chi connectivity index (χ2v) is 7.05. The Kier molecular flexibility index (Phi) is 4.68. The van der Waals surface area contributed by atoms with Crippen LogP contribution in [0.4, 0.5) is 0 Å². The number of hydrogen-bond donors (Lipinski definition) is 1. The maximum absolute atomic E-state index is 12.3. The van der Waals surface area contributed by atoms with E-state index in [0.717, 1.165) is 24.4 Å². The Balaban J connectivity index is 1.30. The molecule has 0 aromatic carbocycles. The summed E-state index contributed by atoms with van der Waals surface area (Å²) in [5.74, 6) is 1.34. The van der Waals surface area contributed by atoms with Gasteiger partial charge in [0.05, 0.1) is 12.7 Å². The van der Waals surface area contributed by atoms with Crippen molar-refractivity contribution >= 4 is 5.91 Å². The summed E-state index contributed by atoms with van der Waals surface area (Å²) in [6, 6.07) is 5.65. The van der Waals surface area contributed by atoms with Gasteiger partial charge in [-0.25, -0.2) is 0 Å². The Morgan fingerprint density at radius 2 is 2.20 bits per heavy atom. The van der Waals surface area contributed by atoms with Crippen LogP contribution in [0, 0.1) is 5.92 Å². The van der Waals surface area contributed by atoms with Gasteiger partial charge in [0.25, 0.3) is 5.91 Å². The van der Waals surface area contributed by atoms with Gasteiger partial charge in [0.2, 0.25) is 0 Å². The number of nitrogens with one attached hydrogen (secondary N) is 1. The Hall–Kier alpha value is -2.37. The molecule has 2 aromatic rings. The SMILES string of the molecule is O=C(NCC1CCCCC1)c1cc2n(n1)C[C@@H](Oc1cccnc1)C2. The first kappa shape index (κ1) is 16.1. The minimum absolute atomic E-state index is 0.0473. The van der Waals surface area contributed by atoms with Crippen LogP contribution in [0.1, 0.15) is 48.3 Å². The number of ether oxygens (including phenoxy) is 1. The Morgan fingerprint density at radius 3 is 2.96 bits per heavy atom. The molecule has 0 radical (unpaired) electrons. The summed E-state index contributed by atoms with van der Waals surface area (Å²) in [4.78, 5) is 16.4. The van der Waals surface area contributed by atoms with Crippen LogP contribution in [0.15, 0.2) is 30.6 Å². The molecule has 0 saturated heterocycles. The van der Waals surface area contributed by atoms with Crippen molar-refractivity contribution in [2.45, 2.75) is 51.2 Å². The van der Waals surface area contributed by atoms with E-state index in [4.69, 9.17) is 4.74 Å². The van der Waals surface area contributed by atoms with Gasteiger partial charge in [-0.2, -0.15) is 5.10 Å². The van der Waals surface area contributed by atoms with Gasteiger partial charge in [0.1, 0.15) is 17.5 Å². The Morgan fingerprint density at radius 1 is 1.32 bits per heavy atom. The maximum Gasteiger partial charge on any atom is 0.271 e. The second kappa shape index (κ2) is 7.25. The third-order valence-electron chi connectivity index (χ3n) is 5.12. The summed E-state index contributed by atoms with van der Waals surface area (Å²) in [7, 11) is 0. The predicted octanol–water partition coefficient (Wildman–Crippen LogP) is 2.59. The van der Waals surface area contributed by atoms with E-state index in [0.29, 0.717) is 18.2 Å². The molecule has 0 unspecified atom stereocenters. The van der Waals surface area contributed by atoms with Gasteiger partial charge in [-0.1, -0.05) is 19.3 Å². The van der Waals surface area contributed by atoms with Crippen molar-refractivity contribution in [2.24, 2.45) is 5.92 Å². The van der Waals surface area contributed by atoms with E-state index in [-0.39, 0.29) is 12.0 Å². The molecule has 1 amide bonds. The van der Waals surface area contributed by atoms with E-state index in [1.807, 2.05) is 22.9 Å². The summed E-state index contributed by atoms with van der Waals surface area (Å²) < 4.78 is 7.80. The van der Waals surface area contributed by atoms with Gasteiger partial charge in [-0.3, -0.25) is 14.5 Å². The topological polar surface area (TPSA) is 69.0 Å². The summed E-state index contributed by atoms with van der Waals surface area (Å²) in [6.07, 6.45) is 10.6. The highest BCUT2D eigenvalue weighted by Gasteiger charge is 2.27. The van der Waals surface area contributed by atoms with Crippen LogP contribution in [0.3, 0.4) is 0 Å². The minimum Gasteiger partial charge on any atom is -0.486 e. The number of rotatable bonds is 5. The van der Waals surface area contributed by atoms with Crippen LogP contribution in [0.25, 0.3) is 0 Å². The van der Waals surface area contributed by atoms with Crippen molar-refractivity contribution in [3.05, 3.63) is 42.0 Å². The summed E-state index contributed by atoms with van der Waals surface area (Å²) >= 11 is 0. The van der Waals surface area contributed by atoms with Crippen LogP contribution in [0.2, 0.25) is 0 Å². The second-order valence-electron chi connectivity index (χ2n) is 7.05. The lowest BCUT2D eigenvalue weighted by atomic mass is 9.89. The van der Waals surface area contributed by atoms with Crippen LogP contribution in [-0.2, 0) is 13.0 Å². The number of aromatic nitrogens is 3. The third-order valence-corrected chi connectivity index (χ3v) is 5.12. The first-order valence-corrected chi connectivity index (χ1v) is 9.19. The van der Waals surface area contributed by atoms with Crippen molar-refractivity contribution in [1.29, 1.82) is 0 Å². The van der Waals surface area contributed by atoms with E-state index >= 15 is 0 Å². The fraction of sp³-hybridized carbons (Fsp3) is 0.526. The van der Waals surface area contributed by atoms with Crippen LogP contribution < -0.4 is 10.1 Å². The number of nitrogens with zero attached hydrogens (tertiary/aromatic N) is 3. The van der Waals surface area contributed by atoms with Crippen molar-refractivity contribution in [1.82, 2.24) is 20.1 Å². The fourth-order valence-electron chi connectivity index (χ4n) is 3.79. The number of carbonyl (C=O) groups excluding carboxylic acids is 1. The molecule has 1 fully saturated rings. The summed E-state index contributed by atoms with van der Waals surface area (Å²) in [5, 5.41) is 7.51. The molecular formula is C19H24N4O2. The zero-order valence-electron chi connectivity index (χ0n) is 14.4. The molecule has 1 atom stereocenters. The van der Waals surface area contributed by atoms with Gasteiger partial charge in [0, 0.05) is 24.9 Å². The molecule has 1 saturated carbocycles. The molecule has 3 heterocycles. The first-order valence-electron chi connectivity index (χ1n) is 9.19. The predicted molar refractivity (Wildman–Crippen MR) is 93.5 cm³/mol. The smallest absolute Gasteiger partial charge is 0.271 e. The van der Waals surface area contributed by atoms with Crippen molar-refractivity contribution in [2.75, 3.05) is 6.54 Å². The van der Waals surface area contributed by atoms with Crippen molar-refractivity contribution in [3.63, 3.8) is 0 Å². The lowest BCUT2D eigenvalue weighted by molar-refractivity contribution is 0.0936. The minimum atomic E-state index is -0.0581. The monoisotopic (exact) mass is 340 g/mol. The molecule has 0 spiro atoms. The molecule has 6 nitrogen and oxygen atoms in total. The van der Waals surface area contributed by atoms with Gasteiger partial charge in [0.15, 0.2) is 0 Å². The molecule has 1 aliphatic heterocycles. The van der Waals surface area contributed by atoms with E-state index in [1.165, 1.54) is 32.1 Å². The van der Waals surface area contributed by atoms with E-state index in [2.05, 4.69) is 15.4 Å². The molecule has 25 heavy (non-hydrogen) atoms. The number of fused-ring (bicyclic) bond motifs is 1. The zero-order valence-corrected chi connectivity index (χ0v) is 14.4. The summed E-state index contributed by atoms with van der Waals surface area (Å²) in [6.45, 7) is 1.44.